The lowest BCUT2D eigenvalue weighted by Gasteiger charge is -2.58. The van der Waals surface area contributed by atoms with E-state index in [1.54, 1.807) is 5.57 Å². The van der Waals surface area contributed by atoms with Gasteiger partial charge in [0.25, 0.3) is 0 Å². The van der Waals surface area contributed by atoms with E-state index in [9.17, 15) is 5.11 Å². The van der Waals surface area contributed by atoms with Gasteiger partial charge in [-0.25, -0.2) is 0 Å². The number of allylic oxidation sites excluding steroid dienone is 1. The Kier molecular flexibility index (Phi) is 4.40. The fourth-order valence-electron chi connectivity index (χ4n) is 7.83. The molecule has 4 rings (SSSR count). The van der Waals surface area contributed by atoms with Crippen LogP contribution in [0.5, 0.6) is 0 Å². The molecule has 1 N–H and O–H groups in total. The van der Waals surface area contributed by atoms with Gasteiger partial charge < -0.3 is 10.0 Å². The Morgan fingerprint density at radius 2 is 1.84 bits per heavy atom. The average molecular weight is 346 g/mol. The number of hydrogen-bond acceptors (Lipinski definition) is 2. The summed E-state index contributed by atoms with van der Waals surface area (Å²) in [5.41, 5.74) is 2.53. The maximum atomic E-state index is 10.2. The minimum Gasteiger partial charge on any atom is -0.393 e. The predicted molar refractivity (Wildman–Crippen MR) is 104 cm³/mol. The van der Waals surface area contributed by atoms with Gasteiger partial charge in [-0.2, -0.15) is 0 Å². The fourth-order valence-corrected chi connectivity index (χ4v) is 7.83. The van der Waals surface area contributed by atoms with Crippen LogP contribution in [0.25, 0.3) is 0 Å². The average Bonchev–Trinajstić information content (AvgIpc) is 2.92. The molecule has 2 heteroatoms. The molecule has 0 heterocycles. The smallest absolute Gasteiger partial charge is 0.0577 e. The van der Waals surface area contributed by atoms with Crippen molar-refractivity contribution in [3.8, 4) is 0 Å². The SMILES string of the molecule is C[C@H]([C@H]1CC[C@H]2[C@@H]3CC=C4C[C@@H](O)CC[C@]4(C)[C@H]3CC[C@]12C)N(C)C. The van der Waals surface area contributed by atoms with Crippen molar-refractivity contribution in [3.63, 3.8) is 0 Å². The molecule has 0 aromatic rings. The first-order valence-electron chi connectivity index (χ1n) is 10.8. The zero-order chi connectivity index (χ0) is 18.0. The van der Waals surface area contributed by atoms with Gasteiger partial charge in [-0.1, -0.05) is 25.5 Å². The quantitative estimate of drug-likeness (QED) is 0.721. The Labute approximate surface area is 155 Å². The Morgan fingerprint density at radius 1 is 1.08 bits per heavy atom. The minimum absolute atomic E-state index is 0.0819. The number of nitrogens with zero attached hydrogens (tertiary/aromatic N) is 1. The van der Waals surface area contributed by atoms with Crippen LogP contribution in [0.2, 0.25) is 0 Å². The molecule has 142 valence electrons. The summed E-state index contributed by atoms with van der Waals surface area (Å²) in [7, 11) is 4.52. The van der Waals surface area contributed by atoms with Crippen molar-refractivity contribution in [1.82, 2.24) is 4.90 Å². The second-order valence-electron chi connectivity index (χ2n) is 10.6. The summed E-state index contributed by atoms with van der Waals surface area (Å²) in [5.74, 6) is 3.54. The summed E-state index contributed by atoms with van der Waals surface area (Å²) >= 11 is 0. The standard InChI is InChI=1S/C23H39NO/c1-15(24(4)5)19-8-9-20-18-7-6-16-14-17(25)10-12-22(16,2)21(18)11-13-23(19,20)3/h6,15,17-21,25H,7-14H2,1-5H3/t15-,17+,18+,19-,20+,21+,22+,23-/m1/s1. The van der Waals surface area contributed by atoms with Crippen molar-refractivity contribution in [3.05, 3.63) is 11.6 Å². The molecule has 0 aromatic heterocycles. The molecule has 0 aromatic carbocycles. The van der Waals surface area contributed by atoms with E-state index in [4.69, 9.17) is 0 Å². The van der Waals surface area contributed by atoms with Crippen LogP contribution in [-0.4, -0.2) is 36.2 Å². The van der Waals surface area contributed by atoms with Crippen molar-refractivity contribution in [2.24, 2.45) is 34.5 Å². The third kappa shape index (κ3) is 2.57. The summed E-state index contributed by atoms with van der Waals surface area (Å²) in [6, 6.07) is 0.696. The Balaban J connectivity index is 1.62. The predicted octanol–water partition coefficient (Wildman–Crippen LogP) is 4.88. The molecule has 3 fully saturated rings. The minimum atomic E-state index is -0.0819. The van der Waals surface area contributed by atoms with Gasteiger partial charge in [-0.3, -0.25) is 0 Å². The zero-order valence-corrected chi connectivity index (χ0v) is 17.1. The first-order chi connectivity index (χ1) is 11.8. The molecule has 0 spiro atoms. The largest absolute Gasteiger partial charge is 0.393 e. The summed E-state index contributed by atoms with van der Waals surface area (Å²) in [6.07, 6.45) is 12.7. The Hall–Kier alpha value is -0.340. The van der Waals surface area contributed by atoms with E-state index in [1.165, 1.54) is 38.5 Å². The van der Waals surface area contributed by atoms with Crippen LogP contribution in [0.15, 0.2) is 11.6 Å². The summed E-state index contributed by atoms with van der Waals surface area (Å²) in [6.45, 7) is 7.63. The highest BCUT2D eigenvalue weighted by Crippen LogP contribution is 2.66. The maximum Gasteiger partial charge on any atom is 0.0577 e. The van der Waals surface area contributed by atoms with Gasteiger partial charge in [-0.15, -0.1) is 0 Å². The lowest BCUT2D eigenvalue weighted by molar-refractivity contribution is -0.0586. The van der Waals surface area contributed by atoms with E-state index in [0.29, 0.717) is 16.9 Å². The third-order valence-corrected chi connectivity index (χ3v) is 9.55. The van der Waals surface area contributed by atoms with Crippen LogP contribution in [0.3, 0.4) is 0 Å². The molecule has 4 aliphatic carbocycles. The molecule has 0 radical (unpaired) electrons. The lowest BCUT2D eigenvalue weighted by Crippen LogP contribution is -2.52. The van der Waals surface area contributed by atoms with Gasteiger partial charge in [0.15, 0.2) is 0 Å². The molecule has 0 amide bonds. The van der Waals surface area contributed by atoms with Crippen LogP contribution in [0, 0.1) is 34.5 Å². The molecule has 8 atom stereocenters. The Bertz CT molecular complexity index is 554. The van der Waals surface area contributed by atoms with E-state index in [-0.39, 0.29) is 6.10 Å². The van der Waals surface area contributed by atoms with Gasteiger partial charge >= 0.3 is 0 Å². The van der Waals surface area contributed by atoms with Crippen LogP contribution < -0.4 is 0 Å². The lowest BCUT2D eigenvalue weighted by atomic mass is 9.47. The van der Waals surface area contributed by atoms with Gasteiger partial charge in [0, 0.05) is 6.04 Å². The van der Waals surface area contributed by atoms with Crippen molar-refractivity contribution in [1.29, 1.82) is 0 Å². The summed E-state index contributed by atoms with van der Waals surface area (Å²) < 4.78 is 0. The molecule has 4 aliphatic rings. The highest BCUT2D eigenvalue weighted by Gasteiger charge is 2.59. The number of aliphatic hydroxyl groups is 1. The summed E-state index contributed by atoms with van der Waals surface area (Å²) in [5, 5.41) is 10.2. The molecule has 0 saturated heterocycles. The number of rotatable bonds is 2. The van der Waals surface area contributed by atoms with Crippen molar-refractivity contribution in [2.45, 2.75) is 84.3 Å². The van der Waals surface area contributed by atoms with E-state index in [0.717, 1.165) is 36.5 Å². The van der Waals surface area contributed by atoms with Crippen molar-refractivity contribution < 1.29 is 5.11 Å². The fraction of sp³-hybridized carbons (Fsp3) is 0.913. The van der Waals surface area contributed by atoms with Gasteiger partial charge in [0.05, 0.1) is 6.10 Å². The molecule has 0 unspecified atom stereocenters. The van der Waals surface area contributed by atoms with E-state index >= 15 is 0 Å². The molecular formula is C23H39NO. The van der Waals surface area contributed by atoms with Crippen LogP contribution >= 0.6 is 0 Å². The van der Waals surface area contributed by atoms with Crippen molar-refractivity contribution >= 4 is 0 Å². The molecular weight excluding hydrogens is 306 g/mol. The molecule has 0 bridgehead atoms. The number of aliphatic hydroxyl groups excluding tert-OH is 1. The second kappa shape index (κ2) is 6.09. The van der Waals surface area contributed by atoms with Crippen molar-refractivity contribution in [2.75, 3.05) is 14.1 Å². The molecule has 0 aliphatic heterocycles. The third-order valence-electron chi connectivity index (χ3n) is 9.55. The van der Waals surface area contributed by atoms with Gasteiger partial charge in [-0.05, 0) is 107 Å². The zero-order valence-electron chi connectivity index (χ0n) is 17.1. The monoisotopic (exact) mass is 345 g/mol. The normalized spacial score (nSPS) is 50.7. The number of fused-ring (bicyclic) bond motifs is 5. The Morgan fingerprint density at radius 3 is 2.56 bits per heavy atom. The topological polar surface area (TPSA) is 23.5 Å². The molecule has 3 saturated carbocycles. The van der Waals surface area contributed by atoms with Crippen LogP contribution in [-0.2, 0) is 0 Å². The van der Waals surface area contributed by atoms with Crippen LogP contribution in [0.1, 0.15) is 72.1 Å². The van der Waals surface area contributed by atoms with E-state index in [1.807, 2.05) is 0 Å². The summed E-state index contributed by atoms with van der Waals surface area (Å²) in [4.78, 5) is 2.45. The maximum absolute atomic E-state index is 10.2. The van der Waals surface area contributed by atoms with Gasteiger partial charge in [0.1, 0.15) is 0 Å². The second-order valence-corrected chi connectivity index (χ2v) is 10.6. The van der Waals surface area contributed by atoms with Crippen LogP contribution in [0.4, 0.5) is 0 Å². The highest BCUT2D eigenvalue weighted by atomic mass is 16.3. The number of hydrogen-bond donors (Lipinski definition) is 1. The van der Waals surface area contributed by atoms with Gasteiger partial charge in [0.2, 0.25) is 0 Å². The van der Waals surface area contributed by atoms with E-state index in [2.05, 4.69) is 45.8 Å². The molecule has 25 heavy (non-hydrogen) atoms. The first kappa shape index (κ1) is 18.0. The molecule has 2 nitrogen and oxygen atoms in total. The first-order valence-corrected chi connectivity index (χ1v) is 10.8. The van der Waals surface area contributed by atoms with E-state index < -0.39 is 0 Å². The highest BCUT2D eigenvalue weighted by molar-refractivity contribution is 5.25.